The highest BCUT2D eigenvalue weighted by Gasteiger charge is 2.20. The topological polar surface area (TPSA) is 26.3 Å². The number of rotatable bonds is 9. The van der Waals surface area contributed by atoms with E-state index in [0.29, 0.717) is 12.2 Å². The van der Waals surface area contributed by atoms with Crippen molar-refractivity contribution in [3.05, 3.63) is 41.6 Å². The quantitative estimate of drug-likeness (QED) is 0.370. The summed E-state index contributed by atoms with van der Waals surface area (Å²) in [6.45, 7) is 9.17. The number of allylic oxidation sites excluding steroid dienone is 1. The molecule has 0 bridgehead atoms. The van der Waals surface area contributed by atoms with Crippen molar-refractivity contribution in [2.75, 3.05) is 6.61 Å². The first kappa shape index (κ1) is 18.7. The van der Waals surface area contributed by atoms with Crippen LogP contribution < -0.4 is 5.19 Å². The molecule has 0 atom stereocenters. The Hall–Kier alpha value is -1.35. The first-order chi connectivity index (χ1) is 10.5. The summed E-state index contributed by atoms with van der Waals surface area (Å²) in [5, 5.41) is 1.35. The predicted octanol–water partition coefficient (Wildman–Crippen LogP) is 4.84. The zero-order valence-electron chi connectivity index (χ0n) is 14.5. The number of unbranched alkanes of at least 4 members (excludes halogenated alkanes) is 4. The number of hydrogen-bond donors (Lipinski definition) is 0. The van der Waals surface area contributed by atoms with Crippen LogP contribution in [0.5, 0.6) is 0 Å². The maximum atomic E-state index is 11.7. The molecule has 122 valence electrons. The number of ether oxygens (including phenoxy) is 1. The van der Waals surface area contributed by atoms with Crippen LogP contribution in [0.3, 0.4) is 0 Å². The molecule has 2 nitrogen and oxygen atoms in total. The fourth-order valence-corrected chi connectivity index (χ4v) is 4.39. The third kappa shape index (κ3) is 6.18. The Morgan fingerprint density at radius 2 is 1.77 bits per heavy atom. The minimum Gasteiger partial charge on any atom is -0.462 e. The van der Waals surface area contributed by atoms with E-state index in [9.17, 15) is 4.79 Å². The Labute approximate surface area is 136 Å². The van der Waals surface area contributed by atoms with Crippen molar-refractivity contribution in [1.82, 2.24) is 0 Å². The Morgan fingerprint density at radius 3 is 2.36 bits per heavy atom. The summed E-state index contributed by atoms with van der Waals surface area (Å²) >= 11 is 0. The second-order valence-electron chi connectivity index (χ2n) is 6.27. The number of benzene rings is 1. The van der Waals surface area contributed by atoms with E-state index in [1.165, 1.54) is 37.3 Å². The minimum atomic E-state index is -1.56. The molecule has 0 amide bonds. The summed E-state index contributed by atoms with van der Waals surface area (Å²) < 4.78 is 5.02. The lowest BCUT2D eigenvalue weighted by Crippen LogP contribution is -2.39. The van der Waals surface area contributed by atoms with Gasteiger partial charge in [-0.2, -0.15) is 0 Å². The standard InChI is InChI=1S/C19H30O2Si/c1-5-7-8-9-10-11-16-22(3,4)18-14-12-17(13-15-18)19(20)21-6-2/h11-16H,5-10H2,1-4H3/b16-11+. The number of hydrogen-bond acceptors (Lipinski definition) is 2. The molecule has 22 heavy (non-hydrogen) atoms. The average Bonchev–Trinajstić information content (AvgIpc) is 2.51. The zero-order valence-corrected chi connectivity index (χ0v) is 15.5. The maximum Gasteiger partial charge on any atom is 0.338 e. The summed E-state index contributed by atoms with van der Waals surface area (Å²) in [5.41, 5.74) is 3.05. The molecule has 0 fully saturated rings. The molecular weight excluding hydrogens is 288 g/mol. The number of carbonyl (C=O) groups excluding carboxylic acids is 1. The van der Waals surface area contributed by atoms with Gasteiger partial charge in [-0.1, -0.05) is 68.4 Å². The van der Waals surface area contributed by atoms with Crippen LogP contribution in [0.15, 0.2) is 36.0 Å². The fourth-order valence-electron chi connectivity index (χ4n) is 2.41. The normalized spacial score (nSPS) is 11.8. The molecule has 0 aliphatic rings. The summed E-state index contributed by atoms with van der Waals surface area (Å²) in [7, 11) is -1.56. The van der Waals surface area contributed by atoms with Crippen LogP contribution in [0.1, 0.15) is 56.3 Å². The van der Waals surface area contributed by atoms with E-state index in [4.69, 9.17) is 4.74 Å². The molecule has 0 N–H and O–H groups in total. The largest absolute Gasteiger partial charge is 0.462 e. The highest BCUT2D eigenvalue weighted by atomic mass is 28.3. The van der Waals surface area contributed by atoms with Gasteiger partial charge in [-0.3, -0.25) is 0 Å². The summed E-state index contributed by atoms with van der Waals surface area (Å²) in [6, 6.07) is 7.94. The van der Waals surface area contributed by atoms with E-state index >= 15 is 0 Å². The van der Waals surface area contributed by atoms with Gasteiger partial charge in [-0.25, -0.2) is 4.79 Å². The number of carbonyl (C=O) groups is 1. The molecular formula is C19H30O2Si. The molecule has 0 saturated heterocycles. The highest BCUT2D eigenvalue weighted by molar-refractivity contribution is 6.93. The van der Waals surface area contributed by atoms with Gasteiger partial charge in [0.25, 0.3) is 0 Å². The van der Waals surface area contributed by atoms with Crippen LogP contribution in [-0.2, 0) is 4.74 Å². The van der Waals surface area contributed by atoms with Gasteiger partial charge in [0.1, 0.15) is 8.07 Å². The third-order valence-electron chi connectivity index (χ3n) is 3.90. The first-order valence-corrected chi connectivity index (χ1v) is 11.5. The molecule has 0 saturated carbocycles. The lowest BCUT2D eigenvalue weighted by Gasteiger charge is -2.18. The Morgan fingerprint density at radius 1 is 1.09 bits per heavy atom. The molecule has 0 aliphatic heterocycles. The fraction of sp³-hybridized carbons (Fsp3) is 0.526. The lowest BCUT2D eigenvalue weighted by atomic mass is 10.2. The van der Waals surface area contributed by atoms with Crippen LogP contribution in [0.25, 0.3) is 0 Å². The van der Waals surface area contributed by atoms with Crippen molar-refractivity contribution in [1.29, 1.82) is 0 Å². The van der Waals surface area contributed by atoms with Crippen molar-refractivity contribution in [2.45, 2.75) is 59.0 Å². The van der Waals surface area contributed by atoms with E-state index in [0.717, 1.165) is 0 Å². The van der Waals surface area contributed by atoms with Crippen molar-refractivity contribution >= 4 is 19.2 Å². The second kappa shape index (κ2) is 9.62. The minimum absolute atomic E-state index is 0.236. The molecule has 0 unspecified atom stereocenters. The Balaban J connectivity index is 2.60. The van der Waals surface area contributed by atoms with Gasteiger partial charge in [-0.15, -0.1) is 0 Å². The van der Waals surface area contributed by atoms with Gasteiger partial charge in [-0.05, 0) is 31.9 Å². The third-order valence-corrected chi connectivity index (χ3v) is 6.79. The lowest BCUT2D eigenvalue weighted by molar-refractivity contribution is 0.0526. The van der Waals surface area contributed by atoms with E-state index in [2.05, 4.69) is 43.9 Å². The molecule has 0 radical (unpaired) electrons. The van der Waals surface area contributed by atoms with Crippen molar-refractivity contribution in [3.63, 3.8) is 0 Å². The maximum absolute atomic E-state index is 11.7. The second-order valence-corrected chi connectivity index (χ2v) is 10.6. The highest BCUT2D eigenvalue weighted by Crippen LogP contribution is 2.10. The van der Waals surface area contributed by atoms with E-state index < -0.39 is 8.07 Å². The van der Waals surface area contributed by atoms with Crippen LogP contribution in [0.2, 0.25) is 13.1 Å². The van der Waals surface area contributed by atoms with Crippen LogP contribution in [-0.4, -0.2) is 20.7 Å². The first-order valence-electron chi connectivity index (χ1n) is 8.46. The van der Waals surface area contributed by atoms with Gasteiger partial charge < -0.3 is 4.74 Å². The van der Waals surface area contributed by atoms with Gasteiger partial charge in [0.05, 0.1) is 12.2 Å². The van der Waals surface area contributed by atoms with Crippen molar-refractivity contribution < 1.29 is 9.53 Å². The van der Waals surface area contributed by atoms with Gasteiger partial charge >= 0.3 is 5.97 Å². The Bertz CT molecular complexity index is 475. The molecule has 0 aromatic heterocycles. The summed E-state index contributed by atoms with van der Waals surface area (Å²) in [4.78, 5) is 11.7. The number of esters is 1. The molecule has 0 spiro atoms. The van der Waals surface area contributed by atoms with E-state index in [1.807, 2.05) is 19.1 Å². The summed E-state index contributed by atoms with van der Waals surface area (Å²) in [6.07, 6.45) is 8.77. The molecule has 0 aliphatic carbocycles. The van der Waals surface area contributed by atoms with Gasteiger partial charge in [0.2, 0.25) is 0 Å². The molecule has 1 aromatic carbocycles. The van der Waals surface area contributed by atoms with Gasteiger partial charge in [0, 0.05) is 0 Å². The van der Waals surface area contributed by atoms with Crippen molar-refractivity contribution in [3.8, 4) is 0 Å². The molecule has 1 aromatic rings. The molecule has 3 heteroatoms. The Kier molecular flexibility index (Phi) is 8.18. The zero-order chi connectivity index (χ0) is 16.4. The van der Waals surface area contributed by atoms with Crippen LogP contribution in [0.4, 0.5) is 0 Å². The summed E-state index contributed by atoms with van der Waals surface area (Å²) in [5.74, 6) is -0.236. The van der Waals surface area contributed by atoms with Crippen molar-refractivity contribution in [2.24, 2.45) is 0 Å². The SMILES string of the molecule is CCCCCC/C=C/[Si](C)(C)c1ccc(C(=O)OCC)cc1. The van der Waals surface area contributed by atoms with E-state index in [-0.39, 0.29) is 5.97 Å². The molecule has 1 rings (SSSR count). The average molecular weight is 319 g/mol. The van der Waals surface area contributed by atoms with Crippen LogP contribution in [0, 0.1) is 0 Å². The smallest absolute Gasteiger partial charge is 0.338 e. The molecule has 0 heterocycles. The van der Waals surface area contributed by atoms with Gasteiger partial charge in [0.15, 0.2) is 0 Å². The monoisotopic (exact) mass is 318 g/mol. The van der Waals surface area contributed by atoms with Crippen LogP contribution >= 0.6 is 0 Å². The predicted molar refractivity (Wildman–Crippen MR) is 97.4 cm³/mol. The van der Waals surface area contributed by atoms with E-state index in [1.54, 1.807) is 0 Å².